The number of rotatable bonds is 3. The van der Waals surface area contributed by atoms with Crippen LogP contribution in [-0.4, -0.2) is 57.3 Å². The van der Waals surface area contributed by atoms with Crippen LogP contribution in [0, 0.1) is 5.41 Å². The summed E-state index contributed by atoms with van der Waals surface area (Å²) in [4.78, 5) is 57.2. The molecule has 4 rings (SSSR count). The van der Waals surface area contributed by atoms with Crippen molar-refractivity contribution in [1.29, 1.82) is 0 Å². The molecule has 1 saturated carbocycles. The maximum atomic E-state index is 13.2. The molecule has 2 saturated heterocycles. The molecule has 2 amide bonds. The number of aromatic nitrogens is 2. The minimum Gasteiger partial charge on any atom is -0.341 e. The molecule has 1 atom stereocenters. The average Bonchev–Trinajstić information content (AvgIpc) is 3.31. The molecule has 2 N–H and O–H groups in total. The van der Waals surface area contributed by atoms with Gasteiger partial charge in [-0.3, -0.25) is 19.4 Å². The van der Waals surface area contributed by atoms with Crippen LogP contribution in [0.5, 0.6) is 0 Å². The number of piperidine rings is 1. The quantitative estimate of drug-likeness (QED) is 0.798. The van der Waals surface area contributed by atoms with Gasteiger partial charge in [0.2, 0.25) is 11.8 Å². The van der Waals surface area contributed by atoms with Gasteiger partial charge >= 0.3 is 5.69 Å². The highest BCUT2D eigenvalue weighted by atomic mass is 16.2. The van der Waals surface area contributed by atoms with Gasteiger partial charge in [-0.15, -0.1) is 0 Å². The highest BCUT2D eigenvalue weighted by molar-refractivity contribution is 5.86. The van der Waals surface area contributed by atoms with Crippen molar-refractivity contribution in [2.45, 2.75) is 57.4 Å². The number of hydrogen-bond donors (Lipinski definition) is 2. The van der Waals surface area contributed by atoms with Gasteiger partial charge < -0.3 is 14.8 Å². The molecule has 8 heteroatoms. The maximum absolute atomic E-state index is 13.2. The van der Waals surface area contributed by atoms with Crippen LogP contribution in [0.2, 0.25) is 0 Å². The van der Waals surface area contributed by atoms with Crippen molar-refractivity contribution in [3.05, 3.63) is 32.6 Å². The molecule has 1 aromatic heterocycles. The topological polar surface area (TPSA) is 106 Å². The van der Waals surface area contributed by atoms with Gasteiger partial charge in [0.15, 0.2) is 0 Å². The second-order valence-electron chi connectivity index (χ2n) is 8.16. The maximum Gasteiger partial charge on any atom is 0.325 e. The van der Waals surface area contributed by atoms with Gasteiger partial charge in [-0.2, -0.15) is 0 Å². The first-order valence-electron chi connectivity index (χ1n) is 9.88. The van der Waals surface area contributed by atoms with Crippen LogP contribution in [0.25, 0.3) is 0 Å². The standard InChI is InChI=1S/C19H26N4O4/c24-15(10-13-11-20-18(27)21-16(13)25)22-9-7-19(12-22)6-3-8-23(17(19)26)14-4-1-2-5-14/h11,14H,1-10,12H2,(H2,20,21,25,27). The highest BCUT2D eigenvalue weighted by Crippen LogP contribution is 2.42. The van der Waals surface area contributed by atoms with Crippen LogP contribution in [0.1, 0.15) is 50.5 Å². The summed E-state index contributed by atoms with van der Waals surface area (Å²) in [6.07, 6.45) is 8.32. The fraction of sp³-hybridized carbons (Fsp3) is 0.684. The van der Waals surface area contributed by atoms with Crippen LogP contribution < -0.4 is 11.2 Å². The van der Waals surface area contributed by atoms with Crippen molar-refractivity contribution in [2.24, 2.45) is 5.41 Å². The van der Waals surface area contributed by atoms with Gasteiger partial charge in [-0.05, 0) is 32.1 Å². The fourth-order valence-electron chi connectivity index (χ4n) is 4.97. The minimum absolute atomic E-state index is 0.0667. The van der Waals surface area contributed by atoms with Gasteiger partial charge in [0.25, 0.3) is 5.56 Å². The van der Waals surface area contributed by atoms with E-state index in [0.717, 1.165) is 32.2 Å². The molecule has 0 aromatic carbocycles. The van der Waals surface area contributed by atoms with Gasteiger partial charge in [0.05, 0.1) is 11.8 Å². The predicted octanol–water partition coefficient (Wildman–Crippen LogP) is 0.389. The summed E-state index contributed by atoms with van der Waals surface area (Å²) in [5, 5.41) is 0. The van der Waals surface area contributed by atoms with Crippen molar-refractivity contribution in [1.82, 2.24) is 19.8 Å². The minimum atomic E-state index is -0.587. The van der Waals surface area contributed by atoms with E-state index in [-0.39, 0.29) is 23.8 Å². The van der Waals surface area contributed by atoms with Gasteiger partial charge in [0, 0.05) is 37.4 Å². The predicted molar refractivity (Wildman–Crippen MR) is 98.2 cm³/mol. The number of hydrogen-bond acceptors (Lipinski definition) is 4. The van der Waals surface area contributed by atoms with E-state index in [1.807, 2.05) is 0 Å². The number of carbonyl (C=O) groups is 2. The third kappa shape index (κ3) is 3.33. The molecular weight excluding hydrogens is 348 g/mol. The number of H-pyrrole nitrogens is 2. The molecule has 1 aliphatic carbocycles. The van der Waals surface area contributed by atoms with Crippen LogP contribution in [0.15, 0.2) is 15.8 Å². The normalized spacial score (nSPS) is 26.3. The summed E-state index contributed by atoms with van der Waals surface area (Å²) >= 11 is 0. The van der Waals surface area contributed by atoms with E-state index in [9.17, 15) is 19.2 Å². The van der Waals surface area contributed by atoms with Crippen molar-refractivity contribution < 1.29 is 9.59 Å². The molecular formula is C19H26N4O4. The molecule has 2 aliphatic heterocycles. The van der Waals surface area contributed by atoms with Crippen LogP contribution in [-0.2, 0) is 16.0 Å². The fourth-order valence-corrected chi connectivity index (χ4v) is 4.97. The zero-order chi connectivity index (χ0) is 19.0. The number of carbonyl (C=O) groups excluding carboxylic acids is 2. The van der Waals surface area contributed by atoms with E-state index < -0.39 is 16.7 Å². The second kappa shape index (κ2) is 6.98. The molecule has 3 fully saturated rings. The molecule has 146 valence electrons. The lowest BCUT2D eigenvalue weighted by Gasteiger charge is -2.42. The Balaban J connectivity index is 1.45. The molecule has 1 unspecified atom stereocenters. The zero-order valence-electron chi connectivity index (χ0n) is 15.5. The first kappa shape index (κ1) is 18.0. The Labute approximate surface area is 156 Å². The zero-order valence-corrected chi connectivity index (χ0v) is 15.5. The van der Waals surface area contributed by atoms with E-state index in [0.29, 0.717) is 25.6 Å². The summed E-state index contributed by atoms with van der Waals surface area (Å²) in [7, 11) is 0. The number of aromatic amines is 2. The summed E-state index contributed by atoms with van der Waals surface area (Å²) in [5.41, 5.74) is -1.34. The van der Waals surface area contributed by atoms with Crippen LogP contribution in [0.4, 0.5) is 0 Å². The highest BCUT2D eigenvalue weighted by Gasteiger charge is 2.50. The van der Waals surface area contributed by atoms with Crippen molar-refractivity contribution in [3.63, 3.8) is 0 Å². The molecule has 0 bridgehead atoms. The molecule has 3 heterocycles. The van der Waals surface area contributed by atoms with Gasteiger partial charge in [-0.1, -0.05) is 12.8 Å². The number of likely N-dealkylation sites (tertiary alicyclic amines) is 2. The Morgan fingerprint density at radius 3 is 2.63 bits per heavy atom. The lowest BCUT2D eigenvalue weighted by atomic mass is 9.77. The van der Waals surface area contributed by atoms with Gasteiger partial charge in [-0.25, -0.2) is 4.79 Å². The van der Waals surface area contributed by atoms with E-state index >= 15 is 0 Å². The van der Waals surface area contributed by atoms with E-state index in [4.69, 9.17) is 0 Å². The first-order chi connectivity index (χ1) is 13.0. The SMILES string of the molecule is O=C(Cc1c[nH]c(=O)[nH]c1=O)N1CCC2(CCCN(C3CCCC3)C2=O)C1. The monoisotopic (exact) mass is 374 g/mol. The van der Waals surface area contributed by atoms with Gasteiger partial charge in [0.1, 0.15) is 0 Å². The number of nitrogens with zero attached hydrogens (tertiary/aromatic N) is 2. The lowest BCUT2D eigenvalue weighted by molar-refractivity contribution is -0.148. The first-order valence-corrected chi connectivity index (χ1v) is 9.88. The molecule has 1 aromatic rings. The van der Waals surface area contributed by atoms with Crippen molar-refractivity contribution in [2.75, 3.05) is 19.6 Å². The second-order valence-corrected chi connectivity index (χ2v) is 8.16. The molecule has 8 nitrogen and oxygen atoms in total. The smallest absolute Gasteiger partial charge is 0.325 e. The summed E-state index contributed by atoms with van der Waals surface area (Å²) in [6, 6.07) is 0.374. The Bertz CT molecular complexity index is 854. The summed E-state index contributed by atoms with van der Waals surface area (Å²) < 4.78 is 0. The lowest BCUT2D eigenvalue weighted by Crippen LogP contribution is -2.53. The number of amides is 2. The van der Waals surface area contributed by atoms with Crippen LogP contribution >= 0.6 is 0 Å². The molecule has 1 spiro atoms. The summed E-state index contributed by atoms with van der Waals surface area (Å²) in [6.45, 7) is 1.82. The van der Waals surface area contributed by atoms with Crippen LogP contribution in [0.3, 0.4) is 0 Å². The Morgan fingerprint density at radius 2 is 1.89 bits per heavy atom. The number of nitrogens with one attached hydrogen (secondary N) is 2. The third-order valence-corrected chi connectivity index (χ3v) is 6.48. The Kier molecular flexibility index (Phi) is 4.65. The molecule has 27 heavy (non-hydrogen) atoms. The van der Waals surface area contributed by atoms with Crippen molar-refractivity contribution in [3.8, 4) is 0 Å². The summed E-state index contributed by atoms with van der Waals surface area (Å²) in [5.74, 6) is 0.0491. The van der Waals surface area contributed by atoms with E-state index in [1.165, 1.54) is 19.0 Å². The molecule has 0 radical (unpaired) electrons. The Hall–Kier alpha value is -2.38. The average molecular weight is 374 g/mol. The van der Waals surface area contributed by atoms with Crippen molar-refractivity contribution >= 4 is 11.8 Å². The molecule has 3 aliphatic rings. The Morgan fingerprint density at radius 1 is 1.11 bits per heavy atom. The van der Waals surface area contributed by atoms with E-state index in [2.05, 4.69) is 14.9 Å². The third-order valence-electron chi connectivity index (χ3n) is 6.48. The largest absolute Gasteiger partial charge is 0.341 e. The van der Waals surface area contributed by atoms with E-state index in [1.54, 1.807) is 4.90 Å².